The fraction of sp³-hybridized carbons (Fsp3) is 0.300. The third kappa shape index (κ3) is 3.88. The number of hydrogen-bond acceptors (Lipinski definition) is 2. The Kier molecular flexibility index (Phi) is 5.16. The van der Waals surface area contributed by atoms with Crippen molar-refractivity contribution in [3.63, 3.8) is 0 Å². The number of thiophene rings is 1. The van der Waals surface area contributed by atoms with Crippen LogP contribution in [0.1, 0.15) is 28.8 Å². The Labute approximate surface area is 148 Å². The molecule has 0 unspecified atom stereocenters. The predicted octanol–water partition coefficient (Wildman–Crippen LogP) is 6.21. The van der Waals surface area contributed by atoms with Crippen LogP contribution in [0.5, 0.6) is 0 Å². The van der Waals surface area contributed by atoms with Crippen LogP contribution < -0.4 is 0 Å². The molecule has 0 atom stereocenters. The van der Waals surface area contributed by atoms with E-state index in [1.165, 1.54) is 5.56 Å². The molecule has 3 aromatic rings. The summed E-state index contributed by atoms with van der Waals surface area (Å²) in [5.41, 5.74) is 2.42. The molecule has 25 heavy (non-hydrogen) atoms. The molecule has 0 fully saturated rings. The molecule has 0 saturated carbocycles. The van der Waals surface area contributed by atoms with Crippen molar-refractivity contribution in [3.05, 3.63) is 58.5 Å². The minimum atomic E-state index is -4.31. The molecule has 0 radical (unpaired) electrons. The third-order valence-corrected chi connectivity index (χ3v) is 5.37. The van der Waals surface area contributed by atoms with Gasteiger partial charge >= 0.3 is 6.18 Å². The molecule has 0 aliphatic rings. The van der Waals surface area contributed by atoms with E-state index in [-0.39, 0.29) is 6.61 Å². The Morgan fingerprint density at radius 2 is 1.72 bits per heavy atom. The van der Waals surface area contributed by atoms with Crippen molar-refractivity contribution < 1.29 is 18.3 Å². The lowest BCUT2D eigenvalue weighted by Crippen LogP contribution is -2.03. The van der Waals surface area contributed by atoms with Crippen LogP contribution >= 0.6 is 11.3 Å². The highest BCUT2D eigenvalue weighted by atomic mass is 32.1. The number of aliphatic hydroxyl groups is 1. The number of aryl methyl sites for hydroxylation is 2. The lowest BCUT2D eigenvalue weighted by atomic mass is 9.99. The van der Waals surface area contributed by atoms with Crippen LogP contribution in [-0.2, 0) is 12.6 Å². The van der Waals surface area contributed by atoms with Crippen molar-refractivity contribution in [2.24, 2.45) is 0 Å². The van der Waals surface area contributed by atoms with Gasteiger partial charge in [0.2, 0.25) is 0 Å². The summed E-state index contributed by atoms with van der Waals surface area (Å²) in [4.78, 5) is 1.10. The molecule has 3 rings (SSSR count). The van der Waals surface area contributed by atoms with Crippen LogP contribution in [0.3, 0.4) is 0 Å². The molecule has 1 N–H and O–H groups in total. The molecular weight excluding hydrogens is 345 g/mol. The Bertz CT molecular complexity index is 863. The number of hydrogen-bond donors (Lipinski definition) is 1. The summed E-state index contributed by atoms with van der Waals surface area (Å²) in [5.74, 6) is 0. The van der Waals surface area contributed by atoms with Crippen molar-refractivity contribution in [1.82, 2.24) is 0 Å². The smallest absolute Gasteiger partial charge is 0.396 e. The average molecular weight is 364 g/mol. The first-order chi connectivity index (χ1) is 11.9. The summed E-state index contributed by atoms with van der Waals surface area (Å²) in [6.07, 6.45) is -1.66. The van der Waals surface area contributed by atoms with Gasteiger partial charge in [-0.3, -0.25) is 0 Å². The van der Waals surface area contributed by atoms with Gasteiger partial charge in [0.15, 0.2) is 0 Å². The SMILES string of the molecule is Cc1sc2cc(CCCCO)ccc2c1-c1ccc(C(F)(F)F)cc1. The van der Waals surface area contributed by atoms with Crippen molar-refractivity contribution in [2.45, 2.75) is 32.4 Å². The summed E-state index contributed by atoms with van der Waals surface area (Å²) in [6, 6.07) is 11.7. The largest absolute Gasteiger partial charge is 0.416 e. The molecule has 0 amide bonds. The maximum absolute atomic E-state index is 12.8. The first-order valence-corrected chi connectivity index (χ1v) is 9.02. The van der Waals surface area contributed by atoms with Crippen molar-refractivity contribution in [1.29, 1.82) is 0 Å². The highest BCUT2D eigenvalue weighted by Crippen LogP contribution is 2.40. The highest BCUT2D eigenvalue weighted by molar-refractivity contribution is 7.19. The number of alkyl halides is 3. The minimum absolute atomic E-state index is 0.207. The molecule has 1 aromatic heterocycles. The fourth-order valence-corrected chi connectivity index (χ4v) is 4.19. The van der Waals surface area contributed by atoms with E-state index in [0.29, 0.717) is 0 Å². The zero-order chi connectivity index (χ0) is 18.0. The van der Waals surface area contributed by atoms with Crippen LogP contribution in [-0.4, -0.2) is 11.7 Å². The molecule has 0 aliphatic heterocycles. The van der Waals surface area contributed by atoms with E-state index in [1.807, 2.05) is 6.92 Å². The van der Waals surface area contributed by atoms with Crippen LogP contribution in [0, 0.1) is 6.92 Å². The van der Waals surface area contributed by atoms with Gasteiger partial charge in [0.25, 0.3) is 0 Å². The fourth-order valence-electron chi connectivity index (χ4n) is 3.04. The first kappa shape index (κ1) is 18.0. The molecule has 2 aromatic carbocycles. The van der Waals surface area contributed by atoms with Crippen LogP contribution in [0.4, 0.5) is 13.2 Å². The standard InChI is InChI=1S/C20H19F3OS/c1-13-19(15-6-8-16(9-7-15)20(21,22)23)17-10-5-14(4-2-3-11-24)12-18(17)25-13/h5-10,12,24H,2-4,11H2,1H3. The monoisotopic (exact) mass is 364 g/mol. The number of fused-ring (bicyclic) bond motifs is 1. The van der Waals surface area contributed by atoms with E-state index in [0.717, 1.165) is 57.5 Å². The Morgan fingerprint density at radius 1 is 1.00 bits per heavy atom. The lowest BCUT2D eigenvalue weighted by Gasteiger charge is -2.08. The van der Waals surface area contributed by atoms with Crippen LogP contribution in [0.25, 0.3) is 21.2 Å². The maximum atomic E-state index is 12.8. The van der Waals surface area contributed by atoms with Gasteiger partial charge in [-0.25, -0.2) is 0 Å². The minimum Gasteiger partial charge on any atom is -0.396 e. The zero-order valence-electron chi connectivity index (χ0n) is 13.9. The second-order valence-electron chi connectivity index (χ2n) is 6.12. The highest BCUT2D eigenvalue weighted by Gasteiger charge is 2.30. The number of benzene rings is 2. The molecule has 1 heterocycles. The number of rotatable bonds is 5. The second-order valence-corrected chi connectivity index (χ2v) is 7.38. The van der Waals surface area contributed by atoms with Crippen LogP contribution in [0.2, 0.25) is 0 Å². The van der Waals surface area contributed by atoms with E-state index in [4.69, 9.17) is 5.11 Å². The Balaban J connectivity index is 1.95. The summed E-state index contributed by atoms with van der Waals surface area (Å²) in [7, 11) is 0. The van der Waals surface area contributed by atoms with Gasteiger partial charge in [-0.05, 0) is 55.5 Å². The topological polar surface area (TPSA) is 20.2 Å². The molecule has 5 heteroatoms. The average Bonchev–Trinajstić information content (AvgIpc) is 2.89. The summed E-state index contributed by atoms with van der Waals surface area (Å²) < 4.78 is 39.4. The third-order valence-electron chi connectivity index (χ3n) is 4.30. The first-order valence-electron chi connectivity index (χ1n) is 8.20. The zero-order valence-corrected chi connectivity index (χ0v) is 14.7. The molecular formula is C20H19F3OS. The van der Waals surface area contributed by atoms with Gasteiger partial charge in [0, 0.05) is 27.1 Å². The Hall–Kier alpha value is -1.85. The number of halogens is 3. The molecule has 0 saturated heterocycles. The second kappa shape index (κ2) is 7.18. The molecule has 0 aliphatic carbocycles. The molecule has 0 bridgehead atoms. The normalized spacial score (nSPS) is 12.0. The maximum Gasteiger partial charge on any atom is 0.416 e. The van der Waals surface area contributed by atoms with Gasteiger partial charge in [0.1, 0.15) is 0 Å². The van der Waals surface area contributed by atoms with Gasteiger partial charge in [-0.15, -0.1) is 11.3 Å². The quantitative estimate of drug-likeness (QED) is 0.534. The Morgan fingerprint density at radius 3 is 2.36 bits per heavy atom. The van der Waals surface area contributed by atoms with E-state index < -0.39 is 11.7 Å². The predicted molar refractivity (Wildman–Crippen MR) is 97.0 cm³/mol. The van der Waals surface area contributed by atoms with Crippen LogP contribution in [0.15, 0.2) is 42.5 Å². The van der Waals surface area contributed by atoms with Crippen molar-refractivity contribution in [2.75, 3.05) is 6.61 Å². The van der Waals surface area contributed by atoms with E-state index >= 15 is 0 Å². The van der Waals surface area contributed by atoms with Crippen molar-refractivity contribution in [3.8, 4) is 11.1 Å². The number of unbranched alkanes of at least 4 members (excludes halogenated alkanes) is 1. The van der Waals surface area contributed by atoms with E-state index in [9.17, 15) is 13.2 Å². The molecule has 1 nitrogen and oxygen atoms in total. The van der Waals surface area contributed by atoms with Crippen molar-refractivity contribution >= 4 is 21.4 Å². The van der Waals surface area contributed by atoms with Gasteiger partial charge in [0.05, 0.1) is 5.56 Å². The summed E-state index contributed by atoms with van der Waals surface area (Å²) in [6.45, 7) is 2.21. The van der Waals surface area contributed by atoms with E-state index in [2.05, 4.69) is 18.2 Å². The molecule has 132 valence electrons. The van der Waals surface area contributed by atoms with Gasteiger partial charge < -0.3 is 5.11 Å². The lowest BCUT2D eigenvalue weighted by molar-refractivity contribution is -0.137. The summed E-state index contributed by atoms with van der Waals surface area (Å²) >= 11 is 1.67. The van der Waals surface area contributed by atoms with Gasteiger partial charge in [-0.2, -0.15) is 13.2 Å². The molecule has 0 spiro atoms. The summed E-state index contributed by atoms with van der Waals surface area (Å²) in [5, 5.41) is 9.96. The van der Waals surface area contributed by atoms with E-state index in [1.54, 1.807) is 23.5 Å². The number of aliphatic hydroxyl groups excluding tert-OH is 1. The van der Waals surface area contributed by atoms with Gasteiger partial charge in [-0.1, -0.05) is 24.3 Å².